The van der Waals surface area contributed by atoms with Crippen LogP contribution in [0.15, 0.2) is 30.3 Å². The first-order chi connectivity index (χ1) is 8.32. The molecule has 0 nitrogen and oxygen atoms in total. The van der Waals surface area contributed by atoms with Gasteiger partial charge in [-0.15, -0.1) is 0 Å². The van der Waals surface area contributed by atoms with Crippen LogP contribution in [0.2, 0.25) is 0 Å². The molecule has 0 heterocycles. The van der Waals surface area contributed by atoms with Crippen LogP contribution in [0.3, 0.4) is 0 Å². The van der Waals surface area contributed by atoms with Gasteiger partial charge in [-0.25, -0.2) is 0 Å². The van der Waals surface area contributed by atoms with Crippen molar-refractivity contribution in [3.8, 4) is 0 Å². The second kappa shape index (κ2) is 4.30. The van der Waals surface area contributed by atoms with Crippen molar-refractivity contribution in [3.63, 3.8) is 0 Å². The Bertz CT molecular complexity index is 580. The summed E-state index contributed by atoms with van der Waals surface area (Å²) in [6, 6.07) is 7.75. The fraction of sp³-hybridized carbons (Fsp3) is 0.333. The second-order valence-corrected chi connectivity index (χ2v) is 4.83. The van der Waals surface area contributed by atoms with Crippen LogP contribution in [0.25, 0.3) is 10.8 Å². The highest BCUT2D eigenvalue weighted by Gasteiger charge is 2.32. The summed E-state index contributed by atoms with van der Waals surface area (Å²) >= 11 is 0. The number of alkyl halides is 3. The lowest BCUT2D eigenvalue weighted by Crippen LogP contribution is -2.06. The number of hydrogen-bond donors (Lipinski definition) is 0. The Balaban J connectivity index is 2.79. The van der Waals surface area contributed by atoms with Crippen LogP contribution in [0.1, 0.15) is 36.5 Å². The van der Waals surface area contributed by atoms with Crippen LogP contribution in [0.5, 0.6) is 0 Å². The van der Waals surface area contributed by atoms with Gasteiger partial charge in [-0.2, -0.15) is 13.2 Å². The fourth-order valence-electron chi connectivity index (χ4n) is 2.40. The summed E-state index contributed by atoms with van der Waals surface area (Å²) in [5, 5.41) is 0.975. The lowest BCUT2D eigenvalue weighted by Gasteiger charge is -2.15. The topological polar surface area (TPSA) is 0 Å². The molecule has 0 N–H and O–H groups in total. The smallest absolute Gasteiger partial charge is 0.166 e. The van der Waals surface area contributed by atoms with Gasteiger partial charge < -0.3 is 0 Å². The Morgan fingerprint density at radius 1 is 0.944 bits per heavy atom. The van der Waals surface area contributed by atoms with Gasteiger partial charge in [-0.05, 0) is 40.8 Å². The van der Waals surface area contributed by atoms with Gasteiger partial charge in [-0.1, -0.05) is 38.1 Å². The van der Waals surface area contributed by atoms with E-state index in [9.17, 15) is 13.2 Å². The molecule has 0 fully saturated rings. The van der Waals surface area contributed by atoms with E-state index < -0.39 is 11.7 Å². The maximum atomic E-state index is 12.9. The molecule has 2 aromatic rings. The summed E-state index contributed by atoms with van der Waals surface area (Å²) in [6.45, 7) is 5.97. The summed E-state index contributed by atoms with van der Waals surface area (Å²) in [5.41, 5.74) is 1.48. The highest BCUT2D eigenvalue weighted by Crippen LogP contribution is 2.37. The predicted octanol–water partition coefficient (Wildman–Crippen LogP) is 5.29. The Hall–Kier alpha value is -1.51. The Labute approximate surface area is 104 Å². The highest BCUT2D eigenvalue weighted by molar-refractivity contribution is 5.90. The van der Waals surface area contributed by atoms with Crippen molar-refractivity contribution in [1.29, 1.82) is 0 Å². The molecule has 96 valence electrons. The highest BCUT2D eigenvalue weighted by atomic mass is 19.4. The molecule has 0 aliphatic carbocycles. The molecular formula is C15H15F3. The molecule has 0 spiro atoms. The zero-order valence-electron chi connectivity index (χ0n) is 10.6. The standard InChI is InChI=1S/C15H15F3/c1-9(2)11-7-8-13-12(10(11)3)5-4-6-14(13)15(16,17)18/h4-9H,1-3H3. The number of fused-ring (bicyclic) bond motifs is 1. The van der Waals surface area contributed by atoms with Gasteiger partial charge in [0.25, 0.3) is 0 Å². The minimum Gasteiger partial charge on any atom is -0.166 e. The van der Waals surface area contributed by atoms with E-state index in [0.29, 0.717) is 11.3 Å². The average Bonchev–Trinajstić information content (AvgIpc) is 2.27. The third-order valence-electron chi connectivity index (χ3n) is 3.30. The van der Waals surface area contributed by atoms with Gasteiger partial charge in [-0.3, -0.25) is 0 Å². The van der Waals surface area contributed by atoms with Crippen LogP contribution in [-0.4, -0.2) is 0 Å². The van der Waals surface area contributed by atoms with E-state index in [1.165, 1.54) is 6.07 Å². The van der Waals surface area contributed by atoms with Crippen LogP contribution < -0.4 is 0 Å². The summed E-state index contributed by atoms with van der Waals surface area (Å²) in [7, 11) is 0. The van der Waals surface area contributed by atoms with E-state index in [4.69, 9.17) is 0 Å². The van der Waals surface area contributed by atoms with Crippen molar-refractivity contribution in [2.45, 2.75) is 32.9 Å². The monoisotopic (exact) mass is 252 g/mol. The first kappa shape index (κ1) is 12.9. The number of hydrogen-bond acceptors (Lipinski definition) is 0. The maximum absolute atomic E-state index is 12.9. The predicted molar refractivity (Wildman–Crippen MR) is 67.8 cm³/mol. The zero-order chi connectivity index (χ0) is 13.5. The van der Waals surface area contributed by atoms with Gasteiger partial charge in [0.2, 0.25) is 0 Å². The molecular weight excluding hydrogens is 237 g/mol. The Kier molecular flexibility index (Phi) is 3.09. The molecule has 2 aromatic carbocycles. The third-order valence-corrected chi connectivity index (χ3v) is 3.30. The fourth-order valence-corrected chi connectivity index (χ4v) is 2.40. The number of halogens is 3. The normalized spacial score (nSPS) is 12.4. The van der Waals surface area contributed by atoms with Crippen molar-refractivity contribution in [3.05, 3.63) is 47.0 Å². The molecule has 18 heavy (non-hydrogen) atoms. The molecule has 0 aliphatic rings. The molecule has 0 atom stereocenters. The van der Waals surface area contributed by atoms with Crippen molar-refractivity contribution in [2.24, 2.45) is 0 Å². The van der Waals surface area contributed by atoms with Crippen molar-refractivity contribution in [1.82, 2.24) is 0 Å². The molecule has 3 heteroatoms. The van der Waals surface area contributed by atoms with Crippen LogP contribution in [-0.2, 0) is 6.18 Å². The van der Waals surface area contributed by atoms with E-state index in [-0.39, 0.29) is 5.39 Å². The molecule has 0 radical (unpaired) electrons. The van der Waals surface area contributed by atoms with Gasteiger partial charge in [0, 0.05) is 0 Å². The Morgan fingerprint density at radius 2 is 1.61 bits per heavy atom. The molecule has 0 aliphatic heterocycles. The van der Waals surface area contributed by atoms with Gasteiger partial charge in [0.15, 0.2) is 0 Å². The largest absolute Gasteiger partial charge is 0.417 e. The summed E-state index contributed by atoms with van der Waals surface area (Å²) < 4.78 is 38.7. The third kappa shape index (κ3) is 2.09. The molecule has 0 saturated carbocycles. The lowest BCUT2D eigenvalue weighted by molar-refractivity contribution is -0.136. The summed E-state index contributed by atoms with van der Waals surface area (Å²) in [6.07, 6.45) is -4.30. The minimum atomic E-state index is -4.30. The van der Waals surface area contributed by atoms with Crippen molar-refractivity contribution in [2.75, 3.05) is 0 Å². The molecule has 0 saturated heterocycles. The van der Waals surface area contributed by atoms with Gasteiger partial charge in [0.1, 0.15) is 0 Å². The maximum Gasteiger partial charge on any atom is 0.417 e. The first-order valence-electron chi connectivity index (χ1n) is 5.92. The average molecular weight is 252 g/mol. The van der Waals surface area contributed by atoms with Gasteiger partial charge >= 0.3 is 6.18 Å². The van der Waals surface area contributed by atoms with Crippen LogP contribution in [0.4, 0.5) is 13.2 Å². The number of benzene rings is 2. The summed E-state index contributed by atoms with van der Waals surface area (Å²) in [4.78, 5) is 0. The van der Waals surface area contributed by atoms with E-state index in [0.717, 1.165) is 17.2 Å². The van der Waals surface area contributed by atoms with Gasteiger partial charge in [0.05, 0.1) is 5.56 Å². The second-order valence-electron chi connectivity index (χ2n) is 4.83. The van der Waals surface area contributed by atoms with Crippen LogP contribution in [0, 0.1) is 6.92 Å². The van der Waals surface area contributed by atoms with Crippen molar-refractivity contribution < 1.29 is 13.2 Å². The number of rotatable bonds is 1. The zero-order valence-corrected chi connectivity index (χ0v) is 10.6. The van der Waals surface area contributed by atoms with Crippen LogP contribution >= 0.6 is 0 Å². The molecule has 2 rings (SSSR count). The van der Waals surface area contributed by atoms with Crippen molar-refractivity contribution >= 4 is 10.8 Å². The van der Waals surface area contributed by atoms with E-state index in [2.05, 4.69) is 0 Å². The molecule has 0 amide bonds. The lowest BCUT2D eigenvalue weighted by atomic mass is 9.91. The molecule has 0 aromatic heterocycles. The number of aryl methyl sites for hydroxylation is 1. The first-order valence-corrected chi connectivity index (χ1v) is 5.92. The SMILES string of the molecule is Cc1c(C(C)C)ccc2c(C(F)(F)F)cccc12. The quantitative estimate of drug-likeness (QED) is 0.646. The minimum absolute atomic E-state index is 0.284. The van der Waals surface area contributed by atoms with E-state index in [1.54, 1.807) is 18.2 Å². The molecule has 0 unspecified atom stereocenters. The Morgan fingerprint density at radius 3 is 2.17 bits per heavy atom. The summed E-state index contributed by atoms with van der Waals surface area (Å²) in [5.74, 6) is 0.309. The molecule has 0 bridgehead atoms. The van der Waals surface area contributed by atoms with E-state index >= 15 is 0 Å². The van der Waals surface area contributed by atoms with E-state index in [1.807, 2.05) is 20.8 Å².